The summed E-state index contributed by atoms with van der Waals surface area (Å²) in [4.78, 5) is 12.0. The van der Waals surface area contributed by atoms with Crippen LogP contribution in [-0.2, 0) is 4.79 Å². The molecule has 17 heavy (non-hydrogen) atoms. The van der Waals surface area contributed by atoms with Gasteiger partial charge in [-0.25, -0.2) is 0 Å². The Morgan fingerprint density at radius 2 is 2.12 bits per heavy atom. The van der Waals surface area contributed by atoms with Crippen molar-refractivity contribution in [3.63, 3.8) is 0 Å². The number of nitrogens with one attached hydrogen (secondary N) is 1. The molecule has 0 unspecified atom stereocenters. The van der Waals surface area contributed by atoms with E-state index in [9.17, 15) is 4.79 Å². The molecule has 0 aliphatic heterocycles. The molecule has 2 aliphatic carbocycles. The van der Waals surface area contributed by atoms with Gasteiger partial charge in [-0.2, -0.15) is 0 Å². The van der Waals surface area contributed by atoms with Crippen LogP contribution in [0.15, 0.2) is 5.16 Å². The van der Waals surface area contributed by atoms with Crippen molar-refractivity contribution in [1.82, 2.24) is 5.32 Å². The third-order valence-electron chi connectivity index (χ3n) is 4.25. The van der Waals surface area contributed by atoms with Crippen LogP contribution in [0.3, 0.4) is 0 Å². The van der Waals surface area contributed by atoms with Crippen LogP contribution in [0.2, 0.25) is 0 Å². The first-order valence-corrected chi connectivity index (χ1v) is 6.19. The zero-order chi connectivity index (χ0) is 12.7. The van der Waals surface area contributed by atoms with E-state index in [0.717, 1.165) is 12.5 Å². The molecule has 96 valence electrons. The molecule has 1 amide bonds. The zero-order valence-corrected chi connectivity index (χ0v) is 10.5. The van der Waals surface area contributed by atoms with E-state index in [1.54, 1.807) is 13.8 Å². The summed E-state index contributed by atoms with van der Waals surface area (Å²) in [5.41, 5.74) is 4.94. The van der Waals surface area contributed by atoms with Crippen LogP contribution in [0.25, 0.3) is 0 Å². The summed E-state index contributed by atoms with van der Waals surface area (Å²) in [6, 6.07) is 0. The summed E-state index contributed by atoms with van der Waals surface area (Å²) in [5, 5.41) is 14.5. The molecule has 0 radical (unpaired) electrons. The van der Waals surface area contributed by atoms with Gasteiger partial charge in [0.1, 0.15) is 5.41 Å². The molecule has 0 aromatic carbocycles. The van der Waals surface area contributed by atoms with Gasteiger partial charge < -0.3 is 16.3 Å². The van der Waals surface area contributed by atoms with Crippen molar-refractivity contribution in [2.24, 2.45) is 27.6 Å². The van der Waals surface area contributed by atoms with Crippen molar-refractivity contribution in [3.8, 4) is 0 Å². The van der Waals surface area contributed by atoms with Crippen LogP contribution in [0, 0.1) is 16.7 Å². The molecule has 2 saturated carbocycles. The van der Waals surface area contributed by atoms with E-state index in [4.69, 9.17) is 10.9 Å². The molecule has 0 atom stereocenters. The Hall–Kier alpha value is -1.26. The Bertz CT molecular complexity index is 355. The smallest absolute Gasteiger partial charge is 0.233 e. The van der Waals surface area contributed by atoms with Crippen molar-refractivity contribution < 1.29 is 10.0 Å². The van der Waals surface area contributed by atoms with E-state index in [1.165, 1.54) is 25.7 Å². The number of amides is 1. The molecular formula is C12H21N3O2. The maximum Gasteiger partial charge on any atom is 0.233 e. The van der Waals surface area contributed by atoms with Crippen molar-refractivity contribution in [2.75, 3.05) is 6.54 Å². The van der Waals surface area contributed by atoms with Gasteiger partial charge in [-0.15, -0.1) is 0 Å². The van der Waals surface area contributed by atoms with E-state index in [-0.39, 0.29) is 11.7 Å². The number of amidine groups is 1. The maximum atomic E-state index is 12.0. The minimum Gasteiger partial charge on any atom is -0.409 e. The summed E-state index contributed by atoms with van der Waals surface area (Å²) >= 11 is 0. The Kier molecular flexibility index (Phi) is 2.79. The summed E-state index contributed by atoms with van der Waals surface area (Å²) in [5.74, 6) is 0.598. The lowest BCUT2D eigenvalue weighted by molar-refractivity contribution is -0.126. The highest BCUT2D eigenvalue weighted by Crippen LogP contribution is 2.60. The third kappa shape index (κ3) is 2.23. The summed E-state index contributed by atoms with van der Waals surface area (Å²) in [6.07, 6.45) is 5.06. The lowest BCUT2D eigenvalue weighted by atomic mass is 9.90. The van der Waals surface area contributed by atoms with Gasteiger partial charge in [0.25, 0.3) is 0 Å². The Balaban J connectivity index is 1.89. The Morgan fingerprint density at radius 1 is 1.53 bits per heavy atom. The van der Waals surface area contributed by atoms with Crippen LogP contribution >= 0.6 is 0 Å². The van der Waals surface area contributed by atoms with Crippen LogP contribution in [0.5, 0.6) is 0 Å². The standard InChI is InChI=1S/C12H21N3O2/c1-11(2,9(13)15-17)10(16)14-7-12(5-6-12)8-3-4-8/h8,17H,3-7H2,1-2H3,(H2,13,15)(H,14,16). The molecule has 0 bridgehead atoms. The molecule has 4 N–H and O–H groups in total. The minimum absolute atomic E-state index is 0.0498. The van der Waals surface area contributed by atoms with Crippen molar-refractivity contribution in [1.29, 1.82) is 0 Å². The molecule has 2 rings (SSSR count). The second-order valence-electron chi connectivity index (χ2n) is 5.93. The highest BCUT2D eigenvalue weighted by molar-refractivity contribution is 6.05. The first-order chi connectivity index (χ1) is 7.92. The molecule has 5 nitrogen and oxygen atoms in total. The van der Waals surface area contributed by atoms with Crippen LogP contribution < -0.4 is 11.1 Å². The monoisotopic (exact) mass is 239 g/mol. The fourth-order valence-corrected chi connectivity index (χ4v) is 2.30. The predicted molar refractivity (Wildman–Crippen MR) is 64.6 cm³/mol. The number of oxime groups is 1. The normalized spacial score (nSPS) is 23.3. The topological polar surface area (TPSA) is 87.7 Å². The summed E-state index contributed by atoms with van der Waals surface area (Å²) < 4.78 is 0. The molecule has 0 spiro atoms. The van der Waals surface area contributed by atoms with Crippen LogP contribution in [0.4, 0.5) is 0 Å². The highest BCUT2D eigenvalue weighted by atomic mass is 16.4. The number of hydrogen-bond donors (Lipinski definition) is 3. The minimum atomic E-state index is -0.950. The lowest BCUT2D eigenvalue weighted by Gasteiger charge is -2.24. The van der Waals surface area contributed by atoms with Gasteiger partial charge in [0.15, 0.2) is 5.84 Å². The van der Waals surface area contributed by atoms with Crippen molar-refractivity contribution in [2.45, 2.75) is 39.5 Å². The van der Waals surface area contributed by atoms with E-state index in [2.05, 4.69) is 10.5 Å². The SMILES string of the molecule is CC(C)(C(=O)NCC1(C2CC2)CC1)C(N)=NO. The summed E-state index contributed by atoms with van der Waals surface area (Å²) in [6.45, 7) is 4.06. The fraction of sp³-hybridized carbons (Fsp3) is 0.833. The van der Waals surface area contributed by atoms with Gasteiger partial charge in [0.2, 0.25) is 5.91 Å². The van der Waals surface area contributed by atoms with Gasteiger partial charge in [0, 0.05) is 6.54 Å². The van der Waals surface area contributed by atoms with Crippen molar-refractivity contribution >= 4 is 11.7 Å². The summed E-state index contributed by atoms with van der Waals surface area (Å²) in [7, 11) is 0. The Morgan fingerprint density at radius 3 is 2.53 bits per heavy atom. The highest BCUT2D eigenvalue weighted by Gasteiger charge is 2.53. The first kappa shape index (κ1) is 12.2. The number of carbonyl (C=O) groups excluding carboxylic acids is 1. The quantitative estimate of drug-likeness (QED) is 0.290. The van der Waals surface area contributed by atoms with Gasteiger partial charge in [-0.1, -0.05) is 5.16 Å². The molecule has 0 heterocycles. The molecule has 2 fully saturated rings. The largest absolute Gasteiger partial charge is 0.409 e. The number of hydrogen-bond acceptors (Lipinski definition) is 3. The Labute approximate surface area is 101 Å². The molecule has 0 aromatic heterocycles. The average Bonchev–Trinajstić information content (AvgIpc) is 3.15. The number of nitrogens with two attached hydrogens (primary N) is 1. The lowest BCUT2D eigenvalue weighted by Crippen LogP contribution is -2.47. The van der Waals surface area contributed by atoms with Crippen LogP contribution in [-0.4, -0.2) is 23.5 Å². The van der Waals surface area contributed by atoms with Crippen LogP contribution in [0.1, 0.15) is 39.5 Å². The number of rotatable bonds is 5. The van der Waals surface area contributed by atoms with E-state index < -0.39 is 5.41 Å². The van der Waals surface area contributed by atoms with Gasteiger partial charge in [0.05, 0.1) is 0 Å². The zero-order valence-electron chi connectivity index (χ0n) is 10.5. The molecular weight excluding hydrogens is 218 g/mol. The maximum absolute atomic E-state index is 12.0. The van der Waals surface area contributed by atoms with Gasteiger partial charge in [-0.05, 0) is 50.9 Å². The predicted octanol–water partition coefficient (Wildman–Crippen LogP) is 1.07. The second-order valence-corrected chi connectivity index (χ2v) is 5.93. The van der Waals surface area contributed by atoms with Gasteiger partial charge in [-0.3, -0.25) is 4.79 Å². The second kappa shape index (κ2) is 3.89. The van der Waals surface area contributed by atoms with E-state index in [0.29, 0.717) is 5.41 Å². The fourth-order valence-electron chi connectivity index (χ4n) is 2.30. The molecule has 2 aliphatic rings. The third-order valence-corrected chi connectivity index (χ3v) is 4.25. The number of carbonyl (C=O) groups is 1. The molecule has 0 saturated heterocycles. The molecule has 5 heteroatoms. The van der Waals surface area contributed by atoms with Gasteiger partial charge >= 0.3 is 0 Å². The van der Waals surface area contributed by atoms with E-state index >= 15 is 0 Å². The average molecular weight is 239 g/mol. The first-order valence-electron chi connectivity index (χ1n) is 6.19. The number of nitrogens with zero attached hydrogens (tertiary/aromatic N) is 1. The van der Waals surface area contributed by atoms with E-state index in [1.807, 2.05) is 0 Å². The molecule has 0 aromatic rings. The van der Waals surface area contributed by atoms with Crippen molar-refractivity contribution in [3.05, 3.63) is 0 Å².